The van der Waals surface area contributed by atoms with E-state index in [1.165, 1.54) is 25.7 Å². The van der Waals surface area contributed by atoms with E-state index in [0.29, 0.717) is 5.92 Å². The van der Waals surface area contributed by atoms with Crippen LogP contribution in [0.4, 0.5) is 4.39 Å². The zero-order valence-corrected chi connectivity index (χ0v) is 15.5. The van der Waals surface area contributed by atoms with Crippen LogP contribution in [0.5, 0.6) is 0 Å². The molecule has 1 atom stereocenters. The molecule has 3 rings (SSSR count). The third-order valence-corrected chi connectivity index (χ3v) is 5.42. The normalized spacial score (nSPS) is 21.6. The molecule has 1 aliphatic heterocycles. The molecule has 1 aliphatic carbocycles. The lowest BCUT2D eigenvalue weighted by Crippen LogP contribution is -2.47. The highest BCUT2D eigenvalue weighted by molar-refractivity contribution is 9.10. The van der Waals surface area contributed by atoms with E-state index < -0.39 is 0 Å². The van der Waals surface area contributed by atoms with Crippen molar-refractivity contribution in [3.8, 4) is 0 Å². The van der Waals surface area contributed by atoms with Crippen molar-refractivity contribution in [1.82, 2.24) is 10.2 Å². The SMILES string of the molecule is Cc1cc(Br)cc([C@@H](C2CCCC2)N2CCNCC2)c1F.Cl. The van der Waals surface area contributed by atoms with Gasteiger partial charge in [0.25, 0.3) is 0 Å². The molecule has 0 aromatic heterocycles. The van der Waals surface area contributed by atoms with Crippen LogP contribution in [0.25, 0.3) is 0 Å². The maximum atomic E-state index is 14.8. The van der Waals surface area contributed by atoms with Crippen molar-refractivity contribution < 1.29 is 4.39 Å². The topological polar surface area (TPSA) is 15.3 Å². The summed E-state index contributed by atoms with van der Waals surface area (Å²) in [4.78, 5) is 2.50. The van der Waals surface area contributed by atoms with Gasteiger partial charge < -0.3 is 5.32 Å². The molecule has 0 amide bonds. The number of nitrogens with zero attached hydrogens (tertiary/aromatic N) is 1. The van der Waals surface area contributed by atoms with Crippen LogP contribution < -0.4 is 5.32 Å². The minimum absolute atomic E-state index is 0. The van der Waals surface area contributed by atoms with Crippen LogP contribution in [0.15, 0.2) is 16.6 Å². The first-order valence-electron chi connectivity index (χ1n) is 8.07. The largest absolute Gasteiger partial charge is 0.314 e. The standard InChI is InChI=1S/C17H24BrFN2.ClH/c1-12-10-14(18)11-15(16(12)19)17(13-4-2-3-5-13)21-8-6-20-7-9-21;/h10-11,13,17,20H,2-9H2,1H3;1H/t17-;/m1./s1. The van der Waals surface area contributed by atoms with Crippen LogP contribution in [0.2, 0.25) is 0 Å². The molecule has 1 aromatic carbocycles. The summed E-state index contributed by atoms with van der Waals surface area (Å²) in [5.41, 5.74) is 1.65. The predicted octanol–water partition coefficient (Wildman–Crippen LogP) is 4.45. The first-order valence-corrected chi connectivity index (χ1v) is 8.86. The average Bonchev–Trinajstić information content (AvgIpc) is 2.99. The summed E-state index contributed by atoms with van der Waals surface area (Å²) in [7, 11) is 0. The summed E-state index contributed by atoms with van der Waals surface area (Å²) in [6, 6.07) is 4.13. The fraction of sp³-hybridized carbons (Fsp3) is 0.647. The van der Waals surface area contributed by atoms with E-state index in [-0.39, 0.29) is 24.3 Å². The summed E-state index contributed by atoms with van der Waals surface area (Å²) in [5, 5.41) is 3.40. The lowest BCUT2D eigenvalue weighted by atomic mass is 9.88. The fourth-order valence-electron chi connectivity index (χ4n) is 3.95. The Morgan fingerprint density at radius 3 is 2.50 bits per heavy atom. The van der Waals surface area contributed by atoms with Crippen molar-refractivity contribution in [2.75, 3.05) is 26.2 Å². The molecule has 124 valence electrons. The van der Waals surface area contributed by atoms with Crippen molar-refractivity contribution in [1.29, 1.82) is 0 Å². The van der Waals surface area contributed by atoms with Crippen molar-refractivity contribution >= 4 is 28.3 Å². The van der Waals surface area contributed by atoms with Gasteiger partial charge in [0.05, 0.1) is 0 Å². The molecule has 22 heavy (non-hydrogen) atoms. The molecule has 1 saturated carbocycles. The Hall–Kier alpha value is -0.160. The number of benzene rings is 1. The number of halogens is 3. The molecule has 0 unspecified atom stereocenters. The van der Waals surface area contributed by atoms with E-state index in [1.54, 1.807) is 0 Å². The second-order valence-electron chi connectivity index (χ2n) is 6.40. The van der Waals surface area contributed by atoms with Gasteiger partial charge in [-0.2, -0.15) is 0 Å². The second-order valence-corrected chi connectivity index (χ2v) is 7.32. The third-order valence-electron chi connectivity index (χ3n) is 4.96. The molecule has 2 fully saturated rings. The van der Waals surface area contributed by atoms with Gasteiger partial charge in [0.2, 0.25) is 0 Å². The highest BCUT2D eigenvalue weighted by Crippen LogP contribution is 2.41. The molecule has 0 bridgehead atoms. The maximum absolute atomic E-state index is 14.8. The number of aryl methyl sites for hydroxylation is 1. The zero-order valence-electron chi connectivity index (χ0n) is 13.1. The van der Waals surface area contributed by atoms with Gasteiger partial charge in [-0.05, 0) is 43.4 Å². The number of rotatable bonds is 3. The van der Waals surface area contributed by atoms with Crippen LogP contribution in [0, 0.1) is 18.7 Å². The lowest BCUT2D eigenvalue weighted by molar-refractivity contribution is 0.122. The van der Waals surface area contributed by atoms with Crippen LogP contribution >= 0.6 is 28.3 Å². The van der Waals surface area contributed by atoms with Crippen LogP contribution in [0.3, 0.4) is 0 Å². The van der Waals surface area contributed by atoms with Gasteiger partial charge >= 0.3 is 0 Å². The number of piperazine rings is 1. The smallest absolute Gasteiger partial charge is 0.130 e. The Morgan fingerprint density at radius 1 is 1.23 bits per heavy atom. The van der Waals surface area contributed by atoms with E-state index >= 15 is 0 Å². The highest BCUT2D eigenvalue weighted by Gasteiger charge is 2.33. The van der Waals surface area contributed by atoms with E-state index in [1.807, 2.05) is 19.1 Å². The number of hydrogen-bond acceptors (Lipinski definition) is 2. The number of hydrogen-bond donors (Lipinski definition) is 1. The first kappa shape index (κ1) is 18.2. The first-order chi connectivity index (χ1) is 10.2. The van der Waals surface area contributed by atoms with Crippen LogP contribution in [0.1, 0.15) is 42.9 Å². The Bertz CT molecular complexity index is 500. The zero-order chi connectivity index (χ0) is 14.8. The van der Waals surface area contributed by atoms with Crippen LogP contribution in [-0.2, 0) is 0 Å². The molecule has 1 N–H and O–H groups in total. The van der Waals surface area contributed by atoms with Gasteiger partial charge in [-0.25, -0.2) is 4.39 Å². The molecule has 1 saturated heterocycles. The van der Waals surface area contributed by atoms with Crippen molar-refractivity contribution in [2.24, 2.45) is 5.92 Å². The molecule has 5 heteroatoms. The van der Waals surface area contributed by atoms with Gasteiger partial charge in [0, 0.05) is 42.3 Å². The molecule has 0 spiro atoms. The van der Waals surface area contributed by atoms with Gasteiger partial charge in [0.15, 0.2) is 0 Å². The van der Waals surface area contributed by atoms with Gasteiger partial charge in [0.1, 0.15) is 5.82 Å². The van der Waals surface area contributed by atoms with Crippen molar-refractivity contribution in [3.63, 3.8) is 0 Å². The quantitative estimate of drug-likeness (QED) is 0.818. The predicted molar refractivity (Wildman–Crippen MR) is 95.2 cm³/mol. The number of nitrogens with one attached hydrogen (secondary N) is 1. The third kappa shape index (κ3) is 3.84. The van der Waals surface area contributed by atoms with E-state index in [4.69, 9.17) is 0 Å². The average molecular weight is 392 g/mol. The Morgan fingerprint density at radius 2 is 1.86 bits per heavy atom. The molecule has 1 aromatic rings. The molecular formula is C17H25BrClFN2. The lowest BCUT2D eigenvalue weighted by Gasteiger charge is -2.39. The second kappa shape index (κ2) is 8.09. The van der Waals surface area contributed by atoms with E-state index in [2.05, 4.69) is 26.1 Å². The van der Waals surface area contributed by atoms with Gasteiger partial charge in [-0.1, -0.05) is 28.8 Å². The van der Waals surface area contributed by atoms with E-state index in [0.717, 1.165) is 41.8 Å². The summed E-state index contributed by atoms with van der Waals surface area (Å²) in [6.45, 7) is 5.93. The maximum Gasteiger partial charge on any atom is 0.130 e. The molecule has 2 aliphatic rings. The van der Waals surface area contributed by atoms with Crippen LogP contribution in [-0.4, -0.2) is 31.1 Å². The monoisotopic (exact) mass is 390 g/mol. The molecule has 1 heterocycles. The van der Waals surface area contributed by atoms with Gasteiger partial charge in [-0.15, -0.1) is 12.4 Å². The summed E-state index contributed by atoms with van der Waals surface area (Å²) < 4.78 is 15.8. The van der Waals surface area contributed by atoms with Crippen molar-refractivity contribution in [3.05, 3.63) is 33.5 Å². The Labute approximate surface area is 147 Å². The minimum Gasteiger partial charge on any atom is -0.314 e. The summed E-state index contributed by atoms with van der Waals surface area (Å²) in [5.74, 6) is 0.597. The summed E-state index contributed by atoms with van der Waals surface area (Å²) >= 11 is 3.55. The highest BCUT2D eigenvalue weighted by atomic mass is 79.9. The fourth-order valence-corrected chi connectivity index (χ4v) is 4.54. The summed E-state index contributed by atoms with van der Waals surface area (Å²) in [6.07, 6.45) is 5.06. The Kier molecular flexibility index (Phi) is 6.69. The van der Waals surface area contributed by atoms with Crippen molar-refractivity contribution in [2.45, 2.75) is 38.6 Å². The molecular weight excluding hydrogens is 367 g/mol. The van der Waals surface area contributed by atoms with Gasteiger partial charge in [-0.3, -0.25) is 4.90 Å². The Balaban J connectivity index is 0.00000176. The molecule has 0 radical (unpaired) electrons. The minimum atomic E-state index is -0.00590. The van der Waals surface area contributed by atoms with E-state index in [9.17, 15) is 4.39 Å². The molecule has 2 nitrogen and oxygen atoms in total.